The van der Waals surface area contributed by atoms with Gasteiger partial charge >= 0.3 is 6.09 Å². The summed E-state index contributed by atoms with van der Waals surface area (Å²) in [7, 11) is 3.51. The van der Waals surface area contributed by atoms with Crippen LogP contribution in [0.5, 0.6) is 5.75 Å². The van der Waals surface area contributed by atoms with E-state index < -0.39 is 6.09 Å². The van der Waals surface area contributed by atoms with Crippen molar-refractivity contribution in [1.29, 1.82) is 0 Å². The molecule has 1 N–H and O–H groups in total. The fourth-order valence-electron chi connectivity index (χ4n) is 4.43. The molecule has 3 aromatic rings. The van der Waals surface area contributed by atoms with Crippen LogP contribution in [0.1, 0.15) is 43.7 Å². The van der Waals surface area contributed by atoms with Crippen molar-refractivity contribution in [2.75, 3.05) is 32.6 Å². The Balaban J connectivity index is 1.71. The van der Waals surface area contributed by atoms with Crippen molar-refractivity contribution in [3.8, 4) is 5.75 Å². The van der Waals surface area contributed by atoms with Gasteiger partial charge in [-0.2, -0.15) is 0 Å². The Morgan fingerprint density at radius 1 is 1.24 bits per heavy atom. The minimum Gasteiger partial charge on any atom is -0.489 e. The number of rotatable bonds is 5. The van der Waals surface area contributed by atoms with E-state index in [2.05, 4.69) is 41.3 Å². The Hall–Kier alpha value is -2.77. The van der Waals surface area contributed by atoms with Crippen molar-refractivity contribution in [2.24, 2.45) is 0 Å². The lowest BCUT2D eigenvalue weighted by molar-refractivity contribution is 0.174. The van der Waals surface area contributed by atoms with Crippen LogP contribution in [0.4, 0.5) is 16.3 Å². The lowest BCUT2D eigenvalue weighted by Crippen LogP contribution is -2.29. The molecule has 1 aromatic carbocycles. The number of hydrogen-bond donors (Lipinski definition) is 1. The Kier molecular flexibility index (Phi) is 6.81. The van der Waals surface area contributed by atoms with Crippen LogP contribution in [-0.4, -0.2) is 53.9 Å². The van der Waals surface area contributed by atoms with Crippen molar-refractivity contribution in [1.82, 2.24) is 14.5 Å². The summed E-state index contributed by atoms with van der Waals surface area (Å²) in [6, 6.07) is 7.79. The highest BCUT2D eigenvalue weighted by atomic mass is 35.5. The van der Waals surface area contributed by atoms with Crippen molar-refractivity contribution < 1.29 is 14.3 Å². The molecule has 3 heterocycles. The molecule has 0 saturated carbocycles. The zero-order valence-electron chi connectivity index (χ0n) is 19.8. The van der Waals surface area contributed by atoms with Gasteiger partial charge in [-0.1, -0.05) is 11.6 Å². The molecule has 33 heavy (non-hydrogen) atoms. The highest BCUT2D eigenvalue weighted by molar-refractivity contribution is 6.35. The molecule has 8 heteroatoms. The first-order chi connectivity index (χ1) is 15.8. The number of fused-ring (bicyclic) bond motifs is 1. The molecule has 0 amide bonds. The number of benzene rings is 1. The fourth-order valence-corrected chi connectivity index (χ4v) is 4.68. The molecule has 7 nitrogen and oxygen atoms in total. The number of carbonyl (C=O) groups is 1. The number of anilines is 2. The summed E-state index contributed by atoms with van der Waals surface area (Å²) >= 11 is 6.50. The maximum absolute atomic E-state index is 12.1. The smallest absolute Gasteiger partial charge is 0.419 e. The Labute approximate surface area is 199 Å². The summed E-state index contributed by atoms with van der Waals surface area (Å²) < 4.78 is 12.4. The van der Waals surface area contributed by atoms with Gasteiger partial charge in [-0.25, -0.2) is 14.3 Å². The number of halogens is 1. The predicted octanol–water partition coefficient (Wildman–Crippen LogP) is 5.95. The number of nitrogens with one attached hydrogen (secondary N) is 1. The average Bonchev–Trinajstić information content (AvgIpc) is 3.20. The van der Waals surface area contributed by atoms with E-state index >= 15 is 0 Å². The maximum atomic E-state index is 12.1. The quantitative estimate of drug-likeness (QED) is 0.496. The first-order valence-electron chi connectivity index (χ1n) is 11.3. The first kappa shape index (κ1) is 23.4. The number of piperidine rings is 1. The molecular weight excluding hydrogens is 440 g/mol. The monoisotopic (exact) mass is 470 g/mol. The number of aryl methyl sites for hydroxylation is 1. The normalized spacial score (nSPS) is 15.2. The van der Waals surface area contributed by atoms with Gasteiger partial charge in [-0.15, -0.1) is 0 Å². The maximum Gasteiger partial charge on any atom is 0.419 e. The van der Waals surface area contributed by atoms with Gasteiger partial charge in [0.2, 0.25) is 0 Å². The van der Waals surface area contributed by atoms with Crippen molar-refractivity contribution in [3.05, 3.63) is 46.6 Å². The summed E-state index contributed by atoms with van der Waals surface area (Å²) in [5.41, 5.74) is 3.80. The van der Waals surface area contributed by atoms with E-state index in [1.165, 1.54) is 22.8 Å². The van der Waals surface area contributed by atoms with Crippen LogP contribution in [0.2, 0.25) is 5.02 Å². The van der Waals surface area contributed by atoms with E-state index in [0.29, 0.717) is 27.8 Å². The average molecular weight is 471 g/mol. The third kappa shape index (κ3) is 4.94. The Morgan fingerprint density at radius 2 is 1.97 bits per heavy atom. The van der Waals surface area contributed by atoms with E-state index in [4.69, 9.17) is 21.1 Å². The van der Waals surface area contributed by atoms with Crippen LogP contribution < -0.4 is 10.1 Å². The number of aromatic nitrogens is 2. The lowest BCUT2D eigenvalue weighted by Gasteiger charge is -2.30. The molecule has 2 aromatic heterocycles. The first-order valence-corrected chi connectivity index (χ1v) is 11.7. The van der Waals surface area contributed by atoms with Gasteiger partial charge in [0.25, 0.3) is 0 Å². The second-order valence-corrected chi connectivity index (χ2v) is 9.36. The zero-order valence-corrected chi connectivity index (χ0v) is 20.6. The van der Waals surface area contributed by atoms with Gasteiger partial charge in [-0.3, -0.25) is 0 Å². The summed E-state index contributed by atoms with van der Waals surface area (Å²) in [5.74, 6) is 1.83. The summed E-state index contributed by atoms with van der Waals surface area (Å²) in [5, 5.41) is 4.55. The van der Waals surface area contributed by atoms with Crippen molar-refractivity contribution in [2.45, 2.75) is 45.6 Å². The molecule has 0 atom stereocenters. The molecule has 0 radical (unpaired) electrons. The lowest BCUT2D eigenvalue weighted by atomic mass is 9.86. The topological polar surface area (TPSA) is 68.6 Å². The third-order valence-corrected chi connectivity index (χ3v) is 6.44. The molecule has 0 bridgehead atoms. The second-order valence-electron chi connectivity index (χ2n) is 8.96. The summed E-state index contributed by atoms with van der Waals surface area (Å²) in [4.78, 5) is 19.1. The van der Waals surface area contributed by atoms with E-state index in [0.717, 1.165) is 37.4 Å². The van der Waals surface area contributed by atoms with Gasteiger partial charge in [-0.05, 0) is 89.0 Å². The number of ether oxygens (including phenoxy) is 2. The fraction of sp³-hybridized carbons (Fsp3) is 0.440. The molecule has 1 aliphatic heterocycles. The molecular formula is C25H31ClN4O3. The minimum absolute atomic E-state index is 0.0224. The van der Waals surface area contributed by atoms with Crippen molar-refractivity contribution in [3.63, 3.8) is 0 Å². The zero-order chi connectivity index (χ0) is 23.7. The molecule has 1 saturated heterocycles. The third-order valence-electron chi connectivity index (χ3n) is 6.13. The molecule has 1 fully saturated rings. The Bertz CT molecular complexity index is 1170. The number of carbonyl (C=O) groups excluding carboxylic acids is 1. The number of hydrogen-bond acceptors (Lipinski definition) is 6. The van der Waals surface area contributed by atoms with Gasteiger partial charge in [0.05, 0.1) is 23.9 Å². The van der Waals surface area contributed by atoms with E-state index in [1.54, 1.807) is 18.3 Å². The molecule has 0 unspecified atom stereocenters. The molecule has 0 spiro atoms. The van der Waals surface area contributed by atoms with Crippen LogP contribution >= 0.6 is 11.6 Å². The predicted molar refractivity (Wildman–Crippen MR) is 132 cm³/mol. The molecule has 0 aliphatic carbocycles. The van der Waals surface area contributed by atoms with Gasteiger partial charge in [0.1, 0.15) is 11.6 Å². The highest BCUT2D eigenvalue weighted by Gasteiger charge is 2.22. The summed E-state index contributed by atoms with van der Waals surface area (Å²) in [6.07, 6.45) is 3.39. The van der Waals surface area contributed by atoms with Crippen LogP contribution in [0.15, 0.2) is 30.5 Å². The van der Waals surface area contributed by atoms with Crippen LogP contribution in [-0.2, 0) is 4.74 Å². The van der Waals surface area contributed by atoms with Gasteiger partial charge in [0.15, 0.2) is 5.65 Å². The number of nitrogens with zero attached hydrogens (tertiary/aromatic N) is 3. The number of likely N-dealkylation sites (tertiary alicyclic amines) is 1. The largest absolute Gasteiger partial charge is 0.489 e. The van der Waals surface area contributed by atoms with Crippen LogP contribution in [0, 0.1) is 6.92 Å². The molecule has 176 valence electrons. The molecule has 4 rings (SSSR count). The van der Waals surface area contributed by atoms with E-state index in [-0.39, 0.29) is 6.10 Å². The highest BCUT2D eigenvalue weighted by Crippen LogP contribution is 2.38. The SMILES string of the molecule is COC(=O)n1ccc2c(Cl)cc(Nc3cc(C)c(C4CCN(C)CC4)cc3OC(C)C)nc21. The van der Waals surface area contributed by atoms with E-state index in [9.17, 15) is 4.79 Å². The second kappa shape index (κ2) is 9.61. The van der Waals surface area contributed by atoms with Gasteiger partial charge < -0.3 is 19.7 Å². The number of pyridine rings is 1. The number of methoxy groups -OCH3 is 1. The van der Waals surface area contributed by atoms with Crippen LogP contribution in [0.25, 0.3) is 11.0 Å². The minimum atomic E-state index is -0.520. The summed E-state index contributed by atoms with van der Waals surface area (Å²) in [6.45, 7) is 8.39. The van der Waals surface area contributed by atoms with E-state index in [1.807, 2.05) is 13.8 Å². The standard InChI is InChI=1S/C25H31ClN4O3/c1-15(2)33-22-13-19(17-6-9-29(4)10-7-17)16(3)12-21(22)27-23-14-20(26)18-8-11-30(24(18)28-23)25(31)32-5/h8,11-15,17H,6-7,9-10H2,1-5H3,(H,27,28). The Morgan fingerprint density at radius 3 is 2.64 bits per heavy atom. The van der Waals surface area contributed by atoms with Gasteiger partial charge in [0, 0.05) is 17.6 Å². The molecule has 1 aliphatic rings. The van der Waals surface area contributed by atoms with Crippen molar-refractivity contribution >= 4 is 40.2 Å². The van der Waals surface area contributed by atoms with Crippen LogP contribution in [0.3, 0.4) is 0 Å².